The zero-order valence-electron chi connectivity index (χ0n) is 23.9. The van der Waals surface area contributed by atoms with Crippen LogP contribution in [0.15, 0.2) is 66.7 Å². The van der Waals surface area contributed by atoms with E-state index < -0.39 is 24.3 Å². The number of rotatable bonds is 5. The van der Waals surface area contributed by atoms with E-state index in [0.717, 1.165) is 43.0 Å². The first-order valence-electron chi connectivity index (χ1n) is 14.5. The van der Waals surface area contributed by atoms with Gasteiger partial charge < -0.3 is 5.11 Å². The van der Waals surface area contributed by atoms with E-state index in [0.29, 0.717) is 45.8 Å². The SMILES string of the molecule is CCc1cccc(CC)c1N1C(=O)c2ccc3c4ccc5c6c(ccc(c7ccc(c2c37)C1=O)c64)C(=O)N(CC(=O)O)C5=O. The minimum absolute atomic E-state index is 0.262. The quantitative estimate of drug-likeness (QED) is 0.145. The lowest BCUT2D eigenvalue weighted by molar-refractivity contribution is -0.137. The number of hydrogen-bond acceptors (Lipinski definition) is 5. The number of carbonyl (C=O) groups excluding carboxylic acids is 4. The van der Waals surface area contributed by atoms with E-state index in [1.165, 1.54) is 4.90 Å². The Morgan fingerprint density at radius 3 is 1.32 bits per heavy atom. The molecule has 44 heavy (non-hydrogen) atoms. The van der Waals surface area contributed by atoms with Gasteiger partial charge in [-0.2, -0.15) is 0 Å². The second kappa shape index (κ2) is 8.94. The highest BCUT2D eigenvalue weighted by molar-refractivity contribution is 6.44. The van der Waals surface area contributed by atoms with Crippen molar-refractivity contribution in [2.75, 3.05) is 11.4 Å². The van der Waals surface area contributed by atoms with E-state index in [9.17, 15) is 29.1 Å². The number of amides is 4. The summed E-state index contributed by atoms with van der Waals surface area (Å²) in [6.07, 6.45) is 1.34. The van der Waals surface area contributed by atoms with Crippen molar-refractivity contribution < 1.29 is 29.1 Å². The van der Waals surface area contributed by atoms with E-state index in [-0.39, 0.29) is 22.9 Å². The highest BCUT2D eigenvalue weighted by Crippen LogP contribution is 2.47. The number of aryl methyl sites for hydroxylation is 2. The van der Waals surface area contributed by atoms with Crippen LogP contribution in [0, 0.1) is 0 Å². The summed E-state index contributed by atoms with van der Waals surface area (Å²) in [5.41, 5.74) is 3.92. The maximum absolute atomic E-state index is 14.2. The lowest BCUT2D eigenvalue weighted by Crippen LogP contribution is -2.43. The minimum atomic E-state index is -1.28. The Labute approximate surface area is 250 Å². The maximum Gasteiger partial charge on any atom is 0.323 e. The Bertz CT molecular complexity index is 2210. The molecule has 0 unspecified atom stereocenters. The number of benzene rings is 6. The average molecular weight is 581 g/mol. The predicted octanol–water partition coefficient (Wildman–Crippen LogP) is 6.34. The van der Waals surface area contributed by atoms with Crippen LogP contribution in [0.4, 0.5) is 5.69 Å². The largest absolute Gasteiger partial charge is 0.480 e. The van der Waals surface area contributed by atoms with Crippen LogP contribution < -0.4 is 4.90 Å². The molecule has 8 nitrogen and oxygen atoms in total. The van der Waals surface area contributed by atoms with Gasteiger partial charge in [0.2, 0.25) is 0 Å². The van der Waals surface area contributed by atoms with Crippen molar-refractivity contribution in [3.63, 3.8) is 0 Å². The Hall–Kier alpha value is -5.63. The molecular formula is C36H24N2O6. The predicted molar refractivity (Wildman–Crippen MR) is 167 cm³/mol. The molecule has 0 spiro atoms. The van der Waals surface area contributed by atoms with Gasteiger partial charge in [-0.25, -0.2) is 4.90 Å². The van der Waals surface area contributed by atoms with Crippen molar-refractivity contribution in [3.8, 4) is 0 Å². The number of hydrogen-bond donors (Lipinski definition) is 1. The summed E-state index contributed by atoms with van der Waals surface area (Å²) in [7, 11) is 0. The van der Waals surface area contributed by atoms with Gasteiger partial charge in [0, 0.05) is 33.0 Å². The van der Waals surface area contributed by atoms with Gasteiger partial charge in [-0.1, -0.05) is 56.3 Å². The molecule has 0 radical (unpaired) electrons. The third kappa shape index (κ3) is 3.14. The zero-order chi connectivity index (χ0) is 30.6. The van der Waals surface area contributed by atoms with Gasteiger partial charge in [-0.15, -0.1) is 0 Å². The molecule has 4 amide bonds. The zero-order valence-corrected chi connectivity index (χ0v) is 23.9. The van der Waals surface area contributed by atoms with Gasteiger partial charge in [0.1, 0.15) is 6.54 Å². The number of aliphatic carboxylic acids is 1. The second-order valence-corrected chi connectivity index (χ2v) is 11.3. The molecule has 0 fully saturated rings. The number of para-hydroxylation sites is 1. The van der Waals surface area contributed by atoms with Gasteiger partial charge in [0.15, 0.2) is 0 Å². The fourth-order valence-electron chi connectivity index (χ4n) is 7.30. The molecule has 6 aromatic rings. The maximum atomic E-state index is 14.2. The molecule has 1 N–H and O–H groups in total. The molecular weight excluding hydrogens is 556 g/mol. The van der Waals surface area contributed by atoms with Crippen molar-refractivity contribution in [1.82, 2.24) is 4.90 Å². The minimum Gasteiger partial charge on any atom is -0.480 e. The monoisotopic (exact) mass is 580 g/mol. The van der Waals surface area contributed by atoms with E-state index in [1.54, 1.807) is 36.4 Å². The average Bonchev–Trinajstić information content (AvgIpc) is 3.03. The molecule has 2 aliphatic rings. The highest BCUT2D eigenvalue weighted by Gasteiger charge is 2.38. The van der Waals surface area contributed by atoms with Crippen LogP contribution in [0.2, 0.25) is 0 Å². The number of carboxylic acid groups (broad SMARTS) is 1. The molecule has 6 aromatic carbocycles. The molecule has 0 bridgehead atoms. The van der Waals surface area contributed by atoms with E-state index >= 15 is 0 Å². The Morgan fingerprint density at radius 2 is 0.955 bits per heavy atom. The summed E-state index contributed by atoms with van der Waals surface area (Å²) in [6.45, 7) is 3.29. The van der Waals surface area contributed by atoms with Gasteiger partial charge in [0.25, 0.3) is 23.6 Å². The van der Waals surface area contributed by atoms with Crippen molar-refractivity contribution in [3.05, 3.63) is 100 Å². The first-order chi connectivity index (χ1) is 21.3. The summed E-state index contributed by atoms with van der Waals surface area (Å²) in [5, 5.41) is 15.0. The van der Waals surface area contributed by atoms with Crippen LogP contribution in [0.25, 0.3) is 43.1 Å². The van der Waals surface area contributed by atoms with Crippen LogP contribution in [-0.2, 0) is 17.6 Å². The standard InChI is InChI=1S/C36H24N2O6/c1-3-17-6-5-7-18(4-2)32(17)38-35(43)25-14-10-21-19-8-12-23-30-24(34(42)37(33(23)41)16-27(39)40)13-9-20(28(19)30)22-11-15-26(36(38)44)31(25)29(21)22/h5-15H,3-4,16H2,1-2H3,(H,39,40). The van der Waals surface area contributed by atoms with Crippen LogP contribution in [0.1, 0.15) is 66.4 Å². The van der Waals surface area contributed by atoms with Gasteiger partial charge in [-0.05, 0) is 80.6 Å². The highest BCUT2D eigenvalue weighted by atomic mass is 16.4. The van der Waals surface area contributed by atoms with Crippen LogP contribution in [0.3, 0.4) is 0 Å². The fraction of sp³-hybridized carbons (Fsp3) is 0.139. The molecule has 2 aliphatic heterocycles. The smallest absolute Gasteiger partial charge is 0.323 e. The molecule has 8 heteroatoms. The van der Waals surface area contributed by atoms with E-state index in [4.69, 9.17) is 0 Å². The Morgan fingerprint density at radius 1 is 0.568 bits per heavy atom. The summed E-state index contributed by atoms with van der Waals surface area (Å²) >= 11 is 0. The Balaban J connectivity index is 1.42. The Kier molecular flexibility index (Phi) is 5.29. The molecule has 214 valence electrons. The first-order valence-corrected chi connectivity index (χ1v) is 14.5. The number of carboxylic acids is 1. The summed E-state index contributed by atoms with van der Waals surface area (Å²) in [4.78, 5) is 68.6. The summed E-state index contributed by atoms with van der Waals surface area (Å²) in [6, 6.07) is 20.0. The van der Waals surface area contributed by atoms with E-state index in [2.05, 4.69) is 0 Å². The normalized spacial score (nSPS) is 14.7. The summed E-state index contributed by atoms with van der Waals surface area (Å²) < 4.78 is 0. The topological polar surface area (TPSA) is 112 Å². The lowest BCUT2D eigenvalue weighted by atomic mass is 9.82. The molecule has 0 saturated carbocycles. The van der Waals surface area contributed by atoms with Gasteiger partial charge in [-0.3, -0.25) is 28.9 Å². The van der Waals surface area contributed by atoms with Crippen molar-refractivity contribution in [2.45, 2.75) is 26.7 Å². The molecule has 0 saturated heterocycles. The summed E-state index contributed by atoms with van der Waals surface area (Å²) in [5.74, 6) is -3.32. The van der Waals surface area contributed by atoms with Gasteiger partial charge in [0.05, 0.1) is 5.69 Å². The molecule has 0 atom stereocenters. The van der Waals surface area contributed by atoms with Crippen LogP contribution in [-0.4, -0.2) is 46.1 Å². The van der Waals surface area contributed by atoms with Crippen LogP contribution >= 0.6 is 0 Å². The molecule has 2 heterocycles. The number of fused-ring (bicyclic) bond motifs is 2. The van der Waals surface area contributed by atoms with Gasteiger partial charge >= 0.3 is 5.97 Å². The van der Waals surface area contributed by atoms with Crippen molar-refractivity contribution >= 4 is 78.4 Å². The molecule has 8 rings (SSSR count). The third-order valence-electron chi connectivity index (χ3n) is 9.20. The van der Waals surface area contributed by atoms with E-state index in [1.807, 2.05) is 44.2 Å². The number of imide groups is 2. The number of anilines is 1. The van der Waals surface area contributed by atoms with Crippen molar-refractivity contribution in [2.24, 2.45) is 0 Å². The lowest BCUT2D eigenvalue weighted by Gasteiger charge is -2.31. The third-order valence-corrected chi connectivity index (χ3v) is 9.20. The van der Waals surface area contributed by atoms with Crippen molar-refractivity contribution in [1.29, 1.82) is 0 Å². The number of nitrogens with zero attached hydrogens (tertiary/aromatic N) is 2. The first kappa shape index (κ1) is 26.0. The molecule has 0 aliphatic carbocycles. The fourth-order valence-corrected chi connectivity index (χ4v) is 7.30. The number of carbonyl (C=O) groups is 5. The molecule has 0 aromatic heterocycles. The second-order valence-electron chi connectivity index (χ2n) is 11.3. The van der Waals surface area contributed by atoms with Crippen LogP contribution in [0.5, 0.6) is 0 Å².